The maximum atomic E-state index is 8.94. The molecule has 0 saturated heterocycles. The van der Waals surface area contributed by atoms with Crippen molar-refractivity contribution in [1.29, 1.82) is 5.26 Å². The van der Waals surface area contributed by atoms with Gasteiger partial charge in [-0.05, 0) is 103 Å². The van der Waals surface area contributed by atoms with Crippen molar-refractivity contribution in [2.75, 3.05) is 19.8 Å². The van der Waals surface area contributed by atoms with Crippen LogP contribution in [0.1, 0.15) is 63.9 Å². The molecule has 0 bridgehead atoms. The number of fused-ring (bicyclic) bond motifs is 1. The third-order valence-corrected chi connectivity index (χ3v) is 6.83. The summed E-state index contributed by atoms with van der Waals surface area (Å²) in [6.45, 7) is 4.45. The van der Waals surface area contributed by atoms with E-state index in [-0.39, 0.29) is 0 Å². The molecule has 0 radical (unpaired) electrons. The Labute approximate surface area is 233 Å². The summed E-state index contributed by atoms with van der Waals surface area (Å²) < 4.78 is 17.8. The van der Waals surface area contributed by atoms with Crippen LogP contribution in [0.4, 0.5) is 0 Å². The van der Waals surface area contributed by atoms with E-state index in [1.807, 2.05) is 42.5 Å². The molecule has 0 unspecified atom stereocenters. The molecule has 0 aliphatic carbocycles. The Bertz CT molecular complexity index is 1320. The number of hydrogen-bond acceptors (Lipinski definition) is 4. The molecular weight excluding hydrogens is 482 g/mol. The molecule has 0 aromatic heterocycles. The monoisotopic (exact) mass is 521 g/mol. The molecule has 4 aromatic carbocycles. The maximum absolute atomic E-state index is 8.94. The van der Waals surface area contributed by atoms with Crippen LogP contribution in [-0.4, -0.2) is 19.8 Å². The van der Waals surface area contributed by atoms with E-state index in [1.54, 1.807) is 0 Å². The largest absolute Gasteiger partial charge is 0.494 e. The van der Waals surface area contributed by atoms with Crippen LogP contribution >= 0.6 is 0 Å². The molecule has 0 atom stereocenters. The lowest BCUT2D eigenvalue weighted by Crippen LogP contribution is -2.00. The second-order valence-electron chi connectivity index (χ2n) is 9.90. The first-order chi connectivity index (χ1) is 19.2. The third-order valence-electron chi connectivity index (χ3n) is 6.83. The summed E-state index contributed by atoms with van der Waals surface area (Å²) in [4.78, 5) is 0. The van der Waals surface area contributed by atoms with Crippen LogP contribution in [0.2, 0.25) is 0 Å². The second kappa shape index (κ2) is 15.4. The molecule has 0 aliphatic heterocycles. The van der Waals surface area contributed by atoms with E-state index in [4.69, 9.17) is 19.5 Å². The summed E-state index contributed by atoms with van der Waals surface area (Å²) in [7, 11) is 0. The number of benzene rings is 4. The minimum absolute atomic E-state index is 0.673. The highest BCUT2D eigenvalue weighted by Gasteiger charge is 2.02. The molecule has 4 aromatic rings. The fraction of sp³-hybridized carbons (Fsp3) is 0.343. The van der Waals surface area contributed by atoms with Crippen molar-refractivity contribution in [3.8, 4) is 34.4 Å². The predicted molar refractivity (Wildman–Crippen MR) is 160 cm³/mol. The average Bonchev–Trinajstić information content (AvgIpc) is 2.98. The van der Waals surface area contributed by atoms with Gasteiger partial charge < -0.3 is 14.2 Å². The van der Waals surface area contributed by atoms with Gasteiger partial charge in [0.2, 0.25) is 0 Å². The van der Waals surface area contributed by atoms with Crippen LogP contribution in [0.3, 0.4) is 0 Å². The molecule has 0 amide bonds. The van der Waals surface area contributed by atoms with Gasteiger partial charge in [-0.25, -0.2) is 0 Å². The molecule has 4 heteroatoms. The zero-order chi connectivity index (χ0) is 27.1. The summed E-state index contributed by atoms with van der Waals surface area (Å²) >= 11 is 0. The molecule has 0 heterocycles. The summed E-state index contributed by atoms with van der Waals surface area (Å²) in [6.07, 6.45) is 9.15. The van der Waals surface area contributed by atoms with E-state index >= 15 is 0 Å². The van der Waals surface area contributed by atoms with Gasteiger partial charge in [0.25, 0.3) is 0 Å². The molecule has 4 rings (SSSR count). The van der Waals surface area contributed by atoms with Crippen molar-refractivity contribution >= 4 is 10.8 Å². The van der Waals surface area contributed by atoms with Crippen molar-refractivity contribution in [2.24, 2.45) is 0 Å². The van der Waals surface area contributed by atoms with Crippen LogP contribution in [0, 0.1) is 11.3 Å². The highest BCUT2D eigenvalue weighted by molar-refractivity contribution is 5.85. The fourth-order valence-corrected chi connectivity index (χ4v) is 4.52. The van der Waals surface area contributed by atoms with Crippen LogP contribution in [0.25, 0.3) is 21.9 Å². The third kappa shape index (κ3) is 9.07. The van der Waals surface area contributed by atoms with Gasteiger partial charge in [0.05, 0.1) is 31.5 Å². The number of nitriles is 1. The van der Waals surface area contributed by atoms with Crippen molar-refractivity contribution in [3.05, 3.63) is 90.5 Å². The lowest BCUT2D eigenvalue weighted by Gasteiger charge is -2.10. The van der Waals surface area contributed by atoms with Crippen LogP contribution in [0.15, 0.2) is 84.9 Å². The number of ether oxygens (including phenoxy) is 3. The van der Waals surface area contributed by atoms with Gasteiger partial charge >= 0.3 is 0 Å². The molecular formula is C35H39NO3. The average molecular weight is 522 g/mol. The predicted octanol–water partition coefficient (Wildman–Crippen LogP) is 9.36. The van der Waals surface area contributed by atoms with Crippen molar-refractivity contribution < 1.29 is 14.2 Å². The van der Waals surface area contributed by atoms with E-state index in [9.17, 15) is 0 Å². The topological polar surface area (TPSA) is 51.5 Å². The van der Waals surface area contributed by atoms with E-state index in [0.29, 0.717) is 12.2 Å². The van der Waals surface area contributed by atoms with Crippen molar-refractivity contribution in [3.63, 3.8) is 0 Å². The Balaban J connectivity index is 1.09. The van der Waals surface area contributed by atoms with E-state index in [0.717, 1.165) is 73.7 Å². The first-order valence-electron chi connectivity index (χ1n) is 14.3. The van der Waals surface area contributed by atoms with E-state index in [1.165, 1.54) is 30.0 Å². The van der Waals surface area contributed by atoms with Gasteiger partial charge in [-0.2, -0.15) is 5.26 Å². The zero-order valence-corrected chi connectivity index (χ0v) is 23.0. The van der Waals surface area contributed by atoms with Gasteiger partial charge in [0.1, 0.15) is 17.2 Å². The number of unbranched alkanes of at least 4 members (excludes halogenated alkanes) is 6. The van der Waals surface area contributed by atoms with Gasteiger partial charge in [-0.15, -0.1) is 0 Å². The Kier molecular flexibility index (Phi) is 11.1. The van der Waals surface area contributed by atoms with Crippen LogP contribution < -0.4 is 14.2 Å². The highest BCUT2D eigenvalue weighted by atomic mass is 16.5. The maximum Gasteiger partial charge on any atom is 0.119 e. The standard InChI is InChI=1S/C35H39NO3/c1-2-3-4-7-23-38-34-20-16-32-26-35(21-17-31(32)25-34)39-24-9-6-5-8-22-37-33-18-14-30(15-19-33)29-12-10-28(27-36)11-13-29/h10-21,25-26H,2-9,22-24H2,1H3. The van der Waals surface area contributed by atoms with Gasteiger partial charge in [-0.1, -0.05) is 62.6 Å². The number of nitrogens with zero attached hydrogens (tertiary/aromatic N) is 1. The van der Waals surface area contributed by atoms with Crippen molar-refractivity contribution in [1.82, 2.24) is 0 Å². The number of rotatable bonds is 16. The minimum atomic E-state index is 0.673. The van der Waals surface area contributed by atoms with Gasteiger partial charge in [-0.3, -0.25) is 0 Å². The summed E-state index contributed by atoms with van der Waals surface area (Å²) in [5.41, 5.74) is 2.88. The van der Waals surface area contributed by atoms with Gasteiger partial charge in [0.15, 0.2) is 0 Å². The van der Waals surface area contributed by atoms with Crippen LogP contribution in [0.5, 0.6) is 17.2 Å². The molecule has 0 aliphatic rings. The SMILES string of the molecule is CCCCCCOc1ccc2cc(OCCCCCCOc3ccc(-c4ccc(C#N)cc4)cc3)ccc2c1. The zero-order valence-electron chi connectivity index (χ0n) is 23.0. The lowest BCUT2D eigenvalue weighted by atomic mass is 10.0. The summed E-state index contributed by atoms with van der Waals surface area (Å²) in [5, 5.41) is 11.3. The molecule has 39 heavy (non-hydrogen) atoms. The molecule has 0 N–H and O–H groups in total. The Morgan fingerprint density at radius 3 is 1.44 bits per heavy atom. The lowest BCUT2D eigenvalue weighted by molar-refractivity contribution is 0.288. The Morgan fingerprint density at radius 1 is 0.513 bits per heavy atom. The van der Waals surface area contributed by atoms with Crippen molar-refractivity contribution in [2.45, 2.75) is 58.3 Å². The minimum Gasteiger partial charge on any atom is -0.494 e. The normalized spacial score (nSPS) is 10.8. The Morgan fingerprint density at radius 2 is 0.949 bits per heavy atom. The first kappa shape index (κ1) is 28.0. The van der Waals surface area contributed by atoms with E-state index in [2.05, 4.69) is 55.5 Å². The fourth-order valence-electron chi connectivity index (χ4n) is 4.52. The van der Waals surface area contributed by atoms with E-state index < -0.39 is 0 Å². The smallest absolute Gasteiger partial charge is 0.119 e. The second-order valence-corrected chi connectivity index (χ2v) is 9.90. The quantitative estimate of drug-likeness (QED) is 0.138. The first-order valence-corrected chi connectivity index (χ1v) is 14.3. The van der Waals surface area contributed by atoms with Crippen LogP contribution in [-0.2, 0) is 0 Å². The Hall–Kier alpha value is -3.97. The highest BCUT2D eigenvalue weighted by Crippen LogP contribution is 2.26. The molecule has 4 nitrogen and oxygen atoms in total. The summed E-state index contributed by atoms with van der Waals surface area (Å²) in [6, 6.07) is 30.5. The molecule has 0 saturated carbocycles. The molecule has 0 spiro atoms. The molecule has 0 fully saturated rings. The molecule has 202 valence electrons. The summed E-state index contributed by atoms with van der Waals surface area (Å²) in [5.74, 6) is 2.75. The number of hydrogen-bond donors (Lipinski definition) is 0. The van der Waals surface area contributed by atoms with Gasteiger partial charge in [0, 0.05) is 0 Å².